The van der Waals surface area contributed by atoms with Crippen LogP contribution in [0.2, 0.25) is 0 Å². The van der Waals surface area contributed by atoms with Gasteiger partial charge in [-0.15, -0.1) is 0 Å². The van der Waals surface area contributed by atoms with Gasteiger partial charge in [-0.25, -0.2) is 0 Å². The van der Waals surface area contributed by atoms with Crippen molar-refractivity contribution >= 4 is 77.5 Å². The summed E-state index contributed by atoms with van der Waals surface area (Å²) in [7, 11) is 0. The average molecular weight is 717 g/mol. The summed E-state index contributed by atoms with van der Waals surface area (Å²) in [6.45, 7) is 0. The number of pyridine rings is 1. The van der Waals surface area contributed by atoms with Crippen molar-refractivity contribution in [2.24, 2.45) is 0 Å². The van der Waals surface area contributed by atoms with E-state index in [1.54, 1.807) is 0 Å². The minimum absolute atomic E-state index is 0.0574. The first kappa shape index (κ1) is 28.5. The molecule has 238 valence electrons. The zero-order chi connectivity index (χ0) is 33.5. The Labute approximate surface area is 298 Å². The number of hydrogen-bond donors (Lipinski definition) is 0. The van der Waals surface area contributed by atoms with Gasteiger partial charge in [0.15, 0.2) is 0 Å². The van der Waals surface area contributed by atoms with Crippen molar-refractivity contribution in [1.29, 1.82) is 0 Å². The van der Waals surface area contributed by atoms with Gasteiger partial charge in [0.05, 0.1) is 0 Å². The number of aromatic nitrogens is 5. The third-order valence-corrected chi connectivity index (χ3v) is 12.3. The van der Waals surface area contributed by atoms with Crippen molar-refractivity contribution in [2.45, 2.75) is 0 Å². The van der Waals surface area contributed by atoms with Crippen LogP contribution in [-0.4, -0.2) is 38.8 Å². The molecule has 6 heteroatoms. The molecule has 11 rings (SSSR count). The van der Waals surface area contributed by atoms with E-state index in [1.807, 2.05) is 6.20 Å². The van der Waals surface area contributed by atoms with Gasteiger partial charge in [0.2, 0.25) is 0 Å². The first-order valence-electron chi connectivity index (χ1n) is 17.0. The fourth-order valence-electron chi connectivity index (χ4n) is 7.76. The molecule has 0 atom stereocenters. The molecule has 5 nitrogen and oxygen atoms in total. The van der Waals surface area contributed by atoms with Gasteiger partial charge in [-0.2, -0.15) is 0 Å². The summed E-state index contributed by atoms with van der Waals surface area (Å²) in [5.41, 5.74) is 11.1. The van der Waals surface area contributed by atoms with Crippen molar-refractivity contribution in [3.8, 4) is 33.9 Å². The predicted molar refractivity (Wildman–Crippen MR) is 211 cm³/mol. The predicted octanol–water partition coefficient (Wildman–Crippen LogP) is 10.8. The molecule has 0 aliphatic carbocycles. The van der Waals surface area contributed by atoms with Crippen LogP contribution in [0, 0.1) is 0 Å². The SMILES string of the molecule is c1ccc(-n2c3ccccc3c3cc(-c4cc5c(cn4)[se]c4nnc(-c6ccc7c(c6)c6ccccc6n7-c6ccccc6)cc45)ccc32)cc1. The van der Waals surface area contributed by atoms with E-state index < -0.39 is 0 Å². The third-order valence-electron chi connectivity index (χ3n) is 10.1. The van der Waals surface area contributed by atoms with E-state index in [4.69, 9.17) is 15.2 Å². The van der Waals surface area contributed by atoms with E-state index >= 15 is 0 Å². The molecule has 0 fully saturated rings. The molecule has 5 heterocycles. The number of para-hydroxylation sites is 4. The standard InChI is InChI=1S/C45H27N5Se/c1-3-11-30(12-4-1)49-40-17-9-7-15-32(40)34-23-28(19-21-42(34)49)38-25-36-37-26-39(47-48-45(37)51-44(36)27-46-38)29-20-22-43-35(24-29)33-16-8-10-18-41(33)50(43)31-13-5-2-6-14-31/h1-27H. The molecular formula is C45H27N5Se. The van der Waals surface area contributed by atoms with Crippen LogP contribution in [0.4, 0.5) is 0 Å². The molecule has 0 saturated carbocycles. The third kappa shape index (κ3) is 4.37. The number of rotatable bonds is 4. The molecule has 5 aromatic heterocycles. The van der Waals surface area contributed by atoms with E-state index in [2.05, 4.69) is 167 Å². The Hall–Kier alpha value is -6.33. The molecule has 6 aromatic carbocycles. The van der Waals surface area contributed by atoms with E-state index in [1.165, 1.54) is 53.3 Å². The summed E-state index contributed by atoms with van der Waals surface area (Å²) < 4.78 is 6.99. The molecule has 0 bridgehead atoms. The van der Waals surface area contributed by atoms with Gasteiger partial charge in [-0.05, 0) is 0 Å². The first-order chi connectivity index (χ1) is 25.3. The first-order valence-corrected chi connectivity index (χ1v) is 18.7. The molecule has 0 aliphatic heterocycles. The summed E-state index contributed by atoms with van der Waals surface area (Å²) >= 11 is 0.0574. The molecule has 0 N–H and O–H groups in total. The van der Waals surface area contributed by atoms with Gasteiger partial charge in [-0.3, -0.25) is 0 Å². The van der Waals surface area contributed by atoms with Crippen LogP contribution in [-0.2, 0) is 0 Å². The Morgan fingerprint density at radius 3 is 1.51 bits per heavy atom. The van der Waals surface area contributed by atoms with Crippen LogP contribution in [0.5, 0.6) is 0 Å². The van der Waals surface area contributed by atoms with E-state index in [-0.39, 0.29) is 14.5 Å². The molecule has 0 unspecified atom stereocenters. The van der Waals surface area contributed by atoms with Crippen LogP contribution >= 0.6 is 0 Å². The molecule has 51 heavy (non-hydrogen) atoms. The van der Waals surface area contributed by atoms with E-state index in [0.29, 0.717) is 0 Å². The Morgan fingerprint density at radius 1 is 0.392 bits per heavy atom. The van der Waals surface area contributed by atoms with Gasteiger partial charge in [0.25, 0.3) is 0 Å². The van der Waals surface area contributed by atoms with Crippen LogP contribution in [0.3, 0.4) is 0 Å². The van der Waals surface area contributed by atoms with E-state index in [0.717, 1.165) is 43.7 Å². The van der Waals surface area contributed by atoms with Gasteiger partial charge in [0.1, 0.15) is 0 Å². The van der Waals surface area contributed by atoms with Crippen LogP contribution in [0.25, 0.3) is 96.9 Å². The molecule has 0 spiro atoms. The van der Waals surface area contributed by atoms with Gasteiger partial charge in [0, 0.05) is 0 Å². The van der Waals surface area contributed by atoms with Crippen molar-refractivity contribution in [1.82, 2.24) is 24.3 Å². The van der Waals surface area contributed by atoms with E-state index in [9.17, 15) is 0 Å². The number of hydrogen-bond acceptors (Lipinski definition) is 3. The Balaban J connectivity index is 1.04. The molecule has 0 saturated heterocycles. The zero-order valence-corrected chi connectivity index (χ0v) is 28.9. The van der Waals surface area contributed by atoms with Crippen LogP contribution < -0.4 is 0 Å². The Kier molecular flexibility index (Phi) is 6.20. The molecule has 0 amide bonds. The van der Waals surface area contributed by atoms with Crippen molar-refractivity contribution in [3.63, 3.8) is 0 Å². The van der Waals surface area contributed by atoms with Crippen molar-refractivity contribution < 1.29 is 0 Å². The maximum atomic E-state index is 4.98. The zero-order valence-electron chi connectivity index (χ0n) is 27.2. The second-order valence-corrected chi connectivity index (χ2v) is 15.1. The fourth-order valence-corrected chi connectivity index (χ4v) is 9.76. The topological polar surface area (TPSA) is 48.5 Å². The molecule has 0 aliphatic rings. The van der Waals surface area contributed by atoms with Gasteiger partial charge >= 0.3 is 288 Å². The molecule has 11 aromatic rings. The summed E-state index contributed by atoms with van der Waals surface area (Å²) in [4.78, 5) is 4.98. The Morgan fingerprint density at radius 2 is 0.902 bits per heavy atom. The van der Waals surface area contributed by atoms with Crippen LogP contribution in [0.15, 0.2) is 164 Å². The van der Waals surface area contributed by atoms with Crippen LogP contribution in [0.1, 0.15) is 0 Å². The monoisotopic (exact) mass is 717 g/mol. The summed E-state index contributed by atoms with van der Waals surface area (Å²) in [6, 6.07) is 56.3. The molecule has 0 radical (unpaired) electrons. The number of fused-ring (bicyclic) bond motifs is 9. The van der Waals surface area contributed by atoms with Crippen molar-refractivity contribution in [3.05, 3.63) is 164 Å². The Bertz CT molecular complexity index is 2920. The normalized spacial score (nSPS) is 11.9. The summed E-state index contributed by atoms with van der Waals surface area (Å²) in [6.07, 6.45) is 2.05. The van der Waals surface area contributed by atoms with Gasteiger partial charge < -0.3 is 0 Å². The second kappa shape index (κ2) is 11.1. The summed E-state index contributed by atoms with van der Waals surface area (Å²) in [5.74, 6) is 0. The van der Waals surface area contributed by atoms with Gasteiger partial charge in [-0.1, -0.05) is 12.1 Å². The number of nitrogens with zero attached hydrogens (tertiary/aromatic N) is 5. The summed E-state index contributed by atoms with van der Waals surface area (Å²) in [5, 5.41) is 16.8. The fraction of sp³-hybridized carbons (Fsp3) is 0. The minimum atomic E-state index is 0.0574. The molecular weight excluding hydrogens is 689 g/mol. The van der Waals surface area contributed by atoms with Crippen molar-refractivity contribution in [2.75, 3.05) is 0 Å². The maximum absolute atomic E-state index is 4.98. The second-order valence-electron chi connectivity index (χ2n) is 13.0. The average Bonchev–Trinajstić information content (AvgIpc) is 3.85. The number of benzene rings is 6. The quantitative estimate of drug-likeness (QED) is 0.170.